The number of aromatic nitrogens is 1. The lowest BCUT2D eigenvalue weighted by Crippen LogP contribution is -2.44. The number of nitrogens with one attached hydrogen (secondary N) is 2. The molecule has 0 atom stereocenters. The molecule has 1 aliphatic rings. The molecule has 0 unspecified atom stereocenters. The zero-order chi connectivity index (χ0) is 26.0. The number of ether oxygens (including phenoxy) is 1. The minimum Gasteiger partial charge on any atom is -0.506 e. The number of carbonyl (C=O) groups excluding carboxylic acids is 1. The molecule has 2 aromatic carbocycles. The van der Waals surface area contributed by atoms with Gasteiger partial charge < -0.3 is 25.0 Å². The summed E-state index contributed by atoms with van der Waals surface area (Å²) >= 11 is 1.15. The number of hydrogen-bond acceptors (Lipinski definition) is 6. The van der Waals surface area contributed by atoms with E-state index in [1.807, 2.05) is 6.07 Å². The molecule has 1 amide bonds. The highest BCUT2D eigenvalue weighted by atomic mass is 32.1. The van der Waals surface area contributed by atoms with Crippen LogP contribution in [0, 0.1) is 6.92 Å². The van der Waals surface area contributed by atoms with E-state index in [-0.39, 0.29) is 22.6 Å². The van der Waals surface area contributed by atoms with Gasteiger partial charge >= 0.3 is 4.87 Å². The van der Waals surface area contributed by atoms with E-state index in [9.17, 15) is 14.7 Å². The molecule has 1 saturated heterocycles. The van der Waals surface area contributed by atoms with Crippen molar-refractivity contribution in [2.75, 3.05) is 32.8 Å². The van der Waals surface area contributed by atoms with Crippen LogP contribution in [0.5, 0.6) is 5.75 Å². The van der Waals surface area contributed by atoms with Gasteiger partial charge in [0.05, 0.1) is 4.70 Å². The maximum absolute atomic E-state index is 13.2. The summed E-state index contributed by atoms with van der Waals surface area (Å²) in [6.45, 7) is 5.92. The minimum atomic E-state index is -0.145. The topological polar surface area (TPSA) is 94.7 Å². The number of aromatic hydroxyl groups is 1. The SMILES string of the molecule is Cc1ccccc1CCNCCC(=O)N(CCCCCc1ccc(O)c2[nH]c(=O)sc12)C1CCOCC1. The largest absolute Gasteiger partial charge is 0.506 e. The second-order valence-corrected chi connectivity index (χ2v) is 10.9. The maximum Gasteiger partial charge on any atom is 0.305 e. The number of carbonyl (C=O) groups is 1. The van der Waals surface area contributed by atoms with Gasteiger partial charge in [0.2, 0.25) is 5.91 Å². The van der Waals surface area contributed by atoms with Crippen LogP contribution in [0.2, 0.25) is 0 Å². The average molecular weight is 526 g/mol. The number of fused-ring (bicyclic) bond motifs is 1. The maximum atomic E-state index is 13.2. The van der Waals surface area contributed by atoms with Crippen molar-refractivity contribution < 1.29 is 14.6 Å². The molecule has 0 radical (unpaired) electrons. The third-order valence-corrected chi connectivity index (χ3v) is 8.24. The second kappa shape index (κ2) is 13.7. The zero-order valence-corrected chi connectivity index (χ0v) is 22.6. The van der Waals surface area contributed by atoms with Gasteiger partial charge in [-0.1, -0.05) is 48.1 Å². The first-order valence-electron chi connectivity index (χ1n) is 13.5. The first-order chi connectivity index (χ1) is 18.0. The molecule has 0 aliphatic carbocycles. The fraction of sp³-hybridized carbons (Fsp3) is 0.517. The predicted octanol–water partition coefficient (Wildman–Crippen LogP) is 4.55. The molecular weight excluding hydrogens is 486 g/mol. The monoisotopic (exact) mass is 525 g/mol. The Morgan fingerprint density at radius 3 is 2.70 bits per heavy atom. The highest BCUT2D eigenvalue weighted by Gasteiger charge is 2.25. The number of aryl methyl sites for hydroxylation is 2. The van der Waals surface area contributed by atoms with Crippen LogP contribution in [-0.4, -0.2) is 59.8 Å². The van der Waals surface area contributed by atoms with Crippen LogP contribution in [0.4, 0.5) is 0 Å². The van der Waals surface area contributed by atoms with Crippen molar-refractivity contribution in [2.45, 2.75) is 64.3 Å². The quantitative estimate of drug-likeness (QED) is 0.285. The number of unbranched alkanes of at least 4 members (excludes halogenated alkanes) is 2. The Morgan fingerprint density at radius 2 is 1.89 bits per heavy atom. The normalized spacial score (nSPS) is 14.3. The summed E-state index contributed by atoms with van der Waals surface area (Å²) in [7, 11) is 0. The number of thiazole rings is 1. The van der Waals surface area contributed by atoms with E-state index in [1.54, 1.807) is 6.07 Å². The summed E-state index contributed by atoms with van der Waals surface area (Å²) < 4.78 is 6.39. The number of aromatic amines is 1. The van der Waals surface area contributed by atoms with Crippen LogP contribution >= 0.6 is 11.3 Å². The van der Waals surface area contributed by atoms with Crippen LogP contribution in [-0.2, 0) is 22.4 Å². The van der Waals surface area contributed by atoms with E-state index >= 15 is 0 Å². The summed E-state index contributed by atoms with van der Waals surface area (Å²) in [5.41, 5.74) is 4.29. The van der Waals surface area contributed by atoms with Crippen LogP contribution in [0.15, 0.2) is 41.2 Å². The van der Waals surface area contributed by atoms with Crippen molar-refractivity contribution in [1.82, 2.24) is 15.2 Å². The molecule has 200 valence electrons. The van der Waals surface area contributed by atoms with Gasteiger partial charge in [0.1, 0.15) is 11.3 Å². The summed E-state index contributed by atoms with van der Waals surface area (Å²) in [5.74, 6) is 0.347. The van der Waals surface area contributed by atoms with Crippen molar-refractivity contribution in [1.29, 1.82) is 0 Å². The van der Waals surface area contributed by atoms with Gasteiger partial charge in [-0.15, -0.1) is 0 Å². The van der Waals surface area contributed by atoms with E-state index in [0.717, 1.165) is 92.8 Å². The molecule has 3 N–H and O–H groups in total. The number of nitrogens with zero attached hydrogens (tertiary/aromatic N) is 1. The molecule has 0 bridgehead atoms. The molecule has 0 saturated carbocycles. The molecule has 8 heteroatoms. The molecule has 1 fully saturated rings. The molecule has 7 nitrogen and oxygen atoms in total. The first-order valence-corrected chi connectivity index (χ1v) is 14.3. The molecule has 4 rings (SSSR count). The van der Waals surface area contributed by atoms with E-state index < -0.39 is 0 Å². The summed E-state index contributed by atoms with van der Waals surface area (Å²) in [4.78, 5) is 29.6. The van der Waals surface area contributed by atoms with Crippen molar-refractivity contribution in [2.24, 2.45) is 0 Å². The fourth-order valence-corrected chi connectivity index (χ4v) is 6.03. The van der Waals surface area contributed by atoms with Gasteiger partial charge in [0.25, 0.3) is 0 Å². The molecular formula is C29H39N3O4S. The van der Waals surface area contributed by atoms with E-state index in [1.165, 1.54) is 11.1 Å². The number of phenolic OH excluding ortho intramolecular Hbond substituents is 1. The van der Waals surface area contributed by atoms with Crippen molar-refractivity contribution in [3.63, 3.8) is 0 Å². The van der Waals surface area contributed by atoms with Crippen molar-refractivity contribution in [3.8, 4) is 5.75 Å². The smallest absolute Gasteiger partial charge is 0.305 e. The van der Waals surface area contributed by atoms with Crippen LogP contribution in [0.3, 0.4) is 0 Å². The third kappa shape index (κ3) is 7.66. The predicted molar refractivity (Wildman–Crippen MR) is 150 cm³/mol. The lowest BCUT2D eigenvalue weighted by molar-refractivity contribution is -0.135. The summed E-state index contributed by atoms with van der Waals surface area (Å²) in [5, 5.41) is 13.4. The lowest BCUT2D eigenvalue weighted by atomic mass is 10.0. The molecule has 1 aliphatic heterocycles. The second-order valence-electron chi connectivity index (χ2n) is 9.88. The van der Waals surface area contributed by atoms with Gasteiger partial charge in [0, 0.05) is 38.8 Å². The van der Waals surface area contributed by atoms with E-state index in [0.29, 0.717) is 18.5 Å². The number of rotatable bonds is 13. The van der Waals surface area contributed by atoms with Gasteiger partial charge in [-0.3, -0.25) is 9.59 Å². The Bertz CT molecular complexity index is 1220. The molecule has 0 spiro atoms. The zero-order valence-electron chi connectivity index (χ0n) is 21.8. The lowest BCUT2D eigenvalue weighted by Gasteiger charge is -2.34. The van der Waals surface area contributed by atoms with Crippen molar-refractivity contribution >= 4 is 27.5 Å². The number of phenols is 1. The standard InChI is InChI=1S/C29H39N3O4S/c1-21-7-4-5-8-22(21)12-16-30-17-13-26(34)32(24-14-19-36-20-15-24)18-6-2-3-9-23-10-11-25(33)27-28(23)37-29(35)31-27/h4-5,7-8,10-11,24,30,33H,2-3,6,9,12-20H2,1H3,(H,31,35). The van der Waals surface area contributed by atoms with Crippen LogP contribution in [0.25, 0.3) is 10.2 Å². The number of hydrogen-bond donors (Lipinski definition) is 3. The highest BCUT2D eigenvalue weighted by Crippen LogP contribution is 2.29. The number of amides is 1. The van der Waals surface area contributed by atoms with Crippen LogP contribution < -0.4 is 10.2 Å². The van der Waals surface area contributed by atoms with E-state index in [2.05, 4.69) is 46.4 Å². The Kier molecular flexibility index (Phi) is 10.2. The Morgan fingerprint density at radius 1 is 1.08 bits per heavy atom. The number of benzene rings is 2. The molecule has 1 aromatic heterocycles. The molecule has 2 heterocycles. The van der Waals surface area contributed by atoms with Gasteiger partial charge in [-0.25, -0.2) is 0 Å². The number of H-pyrrole nitrogens is 1. The fourth-order valence-electron chi connectivity index (χ4n) is 5.13. The van der Waals surface area contributed by atoms with Crippen molar-refractivity contribution in [3.05, 3.63) is 62.8 Å². The van der Waals surface area contributed by atoms with Gasteiger partial charge in [-0.05, 0) is 74.8 Å². The first kappa shape index (κ1) is 27.4. The average Bonchev–Trinajstić information content (AvgIpc) is 3.31. The molecule has 37 heavy (non-hydrogen) atoms. The summed E-state index contributed by atoms with van der Waals surface area (Å²) in [6, 6.07) is 12.3. The Balaban J connectivity index is 1.22. The Labute approximate surface area is 222 Å². The highest BCUT2D eigenvalue weighted by molar-refractivity contribution is 7.16. The van der Waals surface area contributed by atoms with Crippen LogP contribution in [0.1, 0.15) is 55.2 Å². The molecule has 3 aromatic rings. The third-order valence-electron chi connectivity index (χ3n) is 7.28. The summed E-state index contributed by atoms with van der Waals surface area (Å²) in [6.07, 6.45) is 7.08. The minimum absolute atomic E-state index is 0.118. The van der Waals surface area contributed by atoms with Gasteiger partial charge in [0.15, 0.2) is 0 Å². The Hall–Kier alpha value is -2.68. The van der Waals surface area contributed by atoms with E-state index in [4.69, 9.17) is 4.74 Å². The van der Waals surface area contributed by atoms with Gasteiger partial charge in [-0.2, -0.15) is 0 Å².